The number of hydrogen-bond donors (Lipinski definition) is 2. The van der Waals surface area contributed by atoms with Crippen molar-refractivity contribution in [3.05, 3.63) is 53.5 Å². The van der Waals surface area contributed by atoms with E-state index < -0.39 is 11.9 Å². The summed E-state index contributed by atoms with van der Waals surface area (Å²) >= 11 is 0. The number of anilines is 1. The van der Waals surface area contributed by atoms with Gasteiger partial charge in [0, 0.05) is 11.8 Å². The number of para-hydroxylation sites is 1. The van der Waals surface area contributed by atoms with Crippen LogP contribution in [0.1, 0.15) is 46.2 Å². The van der Waals surface area contributed by atoms with Crippen LogP contribution in [-0.4, -0.2) is 17.0 Å². The van der Waals surface area contributed by atoms with Crippen molar-refractivity contribution in [1.29, 1.82) is 0 Å². The van der Waals surface area contributed by atoms with Crippen LogP contribution in [0.4, 0.5) is 5.69 Å². The molecule has 1 amide bonds. The summed E-state index contributed by atoms with van der Waals surface area (Å²) in [6.07, 6.45) is 1.05. The molecular formula is C15H15NO4. The Bertz CT molecular complexity index is 643. The second-order valence-corrected chi connectivity index (χ2v) is 4.70. The van der Waals surface area contributed by atoms with Crippen molar-refractivity contribution in [3.8, 4) is 0 Å². The number of carboxylic acid groups (broad SMARTS) is 1. The van der Waals surface area contributed by atoms with E-state index in [9.17, 15) is 9.59 Å². The molecule has 0 saturated carbocycles. The van der Waals surface area contributed by atoms with Gasteiger partial charge in [0.05, 0.1) is 5.56 Å². The van der Waals surface area contributed by atoms with E-state index >= 15 is 0 Å². The fraction of sp³-hybridized carbons (Fsp3) is 0.200. The monoisotopic (exact) mass is 273 g/mol. The SMILES string of the molecule is CC(C)c1ccccc1NC(=O)c1cc(C(=O)O)co1. The van der Waals surface area contributed by atoms with Crippen molar-refractivity contribution in [1.82, 2.24) is 0 Å². The lowest BCUT2D eigenvalue weighted by molar-refractivity contribution is 0.0696. The molecule has 2 rings (SSSR count). The maximum atomic E-state index is 12.0. The van der Waals surface area contributed by atoms with Gasteiger partial charge >= 0.3 is 5.97 Å². The van der Waals surface area contributed by atoms with Gasteiger partial charge in [0.15, 0.2) is 5.76 Å². The van der Waals surface area contributed by atoms with E-state index in [1.54, 1.807) is 6.07 Å². The highest BCUT2D eigenvalue weighted by Gasteiger charge is 2.16. The standard InChI is InChI=1S/C15H15NO4/c1-9(2)11-5-3-4-6-12(11)16-14(17)13-7-10(8-20-13)15(18)19/h3-9H,1-2H3,(H,16,17)(H,18,19). The number of aromatic carboxylic acids is 1. The number of amides is 1. The molecule has 5 nitrogen and oxygen atoms in total. The number of rotatable bonds is 4. The van der Waals surface area contributed by atoms with E-state index in [0.717, 1.165) is 11.8 Å². The number of furan rings is 1. The van der Waals surface area contributed by atoms with Gasteiger partial charge in [-0.2, -0.15) is 0 Å². The quantitative estimate of drug-likeness (QED) is 0.895. The lowest BCUT2D eigenvalue weighted by Crippen LogP contribution is -2.13. The molecule has 0 aliphatic rings. The Morgan fingerprint density at radius 3 is 2.55 bits per heavy atom. The van der Waals surface area contributed by atoms with Gasteiger partial charge in [0.2, 0.25) is 0 Å². The summed E-state index contributed by atoms with van der Waals surface area (Å²) in [5.41, 5.74) is 1.65. The molecule has 0 unspecified atom stereocenters. The molecule has 104 valence electrons. The molecule has 0 fully saturated rings. The average molecular weight is 273 g/mol. The normalized spacial score (nSPS) is 10.6. The second kappa shape index (κ2) is 5.61. The number of carboxylic acids is 1. The first-order valence-corrected chi connectivity index (χ1v) is 6.21. The minimum absolute atomic E-state index is 0.0269. The topological polar surface area (TPSA) is 79.5 Å². The van der Waals surface area contributed by atoms with Crippen molar-refractivity contribution in [2.45, 2.75) is 19.8 Å². The summed E-state index contributed by atoms with van der Waals surface area (Å²) in [6, 6.07) is 8.67. The maximum absolute atomic E-state index is 12.0. The van der Waals surface area contributed by atoms with Gasteiger partial charge in [0.25, 0.3) is 5.91 Å². The molecule has 2 N–H and O–H groups in total. The molecule has 2 aromatic rings. The van der Waals surface area contributed by atoms with Crippen LogP contribution >= 0.6 is 0 Å². The Morgan fingerprint density at radius 1 is 1.25 bits per heavy atom. The molecule has 0 aliphatic heterocycles. The van der Waals surface area contributed by atoms with Gasteiger partial charge < -0.3 is 14.8 Å². The van der Waals surface area contributed by atoms with Crippen molar-refractivity contribution >= 4 is 17.6 Å². The Balaban J connectivity index is 2.21. The molecule has 0 bridgehead atoms. The highest BCUT2D eigenvalue weighted by atomic mass is 16.4. The predicted octanol–water partition coefficient (Wildman–Crippen LogP) is 3.35. The van der Waals surface area contributed by atoms with E-state index in [-0.39, 0.29) is 17.2 Å². The average Bonchev–Trinajstić information content (AvgIpc) is 2.89. The zero-order chi connectivity index (χ0) is 14.7. The minimum atomic E-state index is -1.13. The molecule has 20 heavy (non-hydrogen) atoms. The lowest BCUT2D eigenvalue weighted by atomic mass is 10.0. The van der Waals surface area contributed by atoms with Gasteiger partial charge in [-0.1, -0.05) is 32.0 Å². The van der Waals surface area contributed by atoms with Crippen molar-refractivity contribution in [3.63, 3.8) is 0 Å². The maximum Gasteiger partial charge on any atom is 0.338 e. The van der Waals surface area contributed by atoms with Gasteiger partial charge in [-0.25, -0.2) is 4.79 Å². The number of benzene rings is 1. The molecule has 0 aliphatic carbocycles. The number of nitrogens with one attached hydrogen (secondary N) is 1. The van der Waals surface area contributed by atoms with E-state index in [2.05, 4.69) is 5.32 Å². The van der Waals surface area contributed by atoms with Gasteiger partial charge in [-0.05, 0) is 17.5 Å². The van der Waals surface area contributed by atoms with Crippen LogP contribution in [0.25, 0.3) is 0 Å². The first kappa shape index (κ1) is 13.9. The van der Waals surface area contributed by atoms with Crippen LogP contribution in [0.5, 0.6) is 0 Å². The van der Waals surface area contributed by atoms with Crippen LogP contribution in [0.3, 0.4) is 0 Å². The molecule has 1 heterocycles. The fourth-order valence-corrected chi connectivity index (χ4v) is 1.87. The Hall–Kier alpha value is -2.56. The van der Waals surface area contributed by atoms with Crippen LogP contribution in [0.15, 0.2) is 41.0 Å². The molecule has 0 radical (unpaired) electrons. The Labute approximate surface area is 116 Å². The van der Waals surface area contributed by atoms with Gasteiger partial charge in [-0.15, -0.1) is 0 Å². The first-order valence-electron chi connectivity index (χ1n) is 6.21. The van der Waals surface area contributed by atoms with Crippen LogP contribution in [-0.2, 0) is 0 Å². The Morgan fingerprint density at radius 2 is 1.95 bits per heavy atom. The molecule has 0 atom stereocenters. The van der Waals surface area contributed by atoms with E-state index in [1.807, 2.05) is 32.0 Å². The number of hydrogen-bond acceptors (Lipinski definition) is 3. The van der Waals surface area contributed by atoms with E-state index in [4.69, 9.17) is 9.52 Å². The van der Waals surface area contributed by atoms with E-state index in [0.29, 0.717) is 5.69 Å². The molecule has 1 aromatic carbocycles. The van der Waals surface area contributed by atoms with Crippen LogP contribution in [0, 0.1) is 0 Å². The third-order valence-electron chi connectivity index (χ3n) is 2.90. The van der Waals surface area contributed by atoms with Crippen molar-refractivity contribution < 1.29 is 19.1 Å². The molecule has 0 saturated heterocycles. The van der Waals surface area contributed by atoms with Crippen LogP contribution < -0.4 is 5.32 Å². The number of carbonyl (C=O) groups excluding carboxylic acids is 1. The molecule has 5 heteroatoms. The summed E-state index contributed by atoms with van der Waals surface area (Å²) in [5.74, 6) is -1.36. The first-order chi connectivity index (χ1) is 9.49. The lowest BCUT2D eigenvalue weighted by Gasteiger charge is -2.12. The summed E-state index contributed by atoms with van der Waals surface area (Å²) < 4.78 is 4.97. The fourth-order valence-electron chi connectivity index (χ4n) is 1.87. The van der Waals surface area contributed by atoms with E-state index in [1.165, 1.54) is 6.07 Å². The zero-order valence-electron chi connectivity index (χ0n) is 11.2. The van der Waals surface area contributed by atoms with Crippen molar-refractivity contribution in [2.24, 2.45) is 0 Å². The summed E-state index contributed by atoms with van der Waals surface area (Å²) in [7, 11) is 0. The van der Waals surface area contributed by atoms with Crippen LogP contribution in [0.2, 0.25) is 0 Å². The minimum Gasteiger partial charge on any atom is -0.478 e. The summed E-state index contributed by atoms with van der Waals surface area (Å²) in [6.45, 7) is 4.06. The third kappa shape index (κ3) is 2.88. The largest absolute Gasteiger partial charge is 0.478 e. The van der Waals surface area contributed by atoms with Gasteiger partial charge in [-0.3, -0.25) is 4.79 Å². The smallest absolute Gasteiger partial charge is 0.338 e. The zero-order valence-corrected chi connectivity index (χ0v) is 11.2. The summed E-state index contributed by atoms with van der Waals surface area (Å²) in [4.78, 5) is 22.8. The molecular weight excluding hydrogens is 258 g/mol. The second-order valence-electron chi connectivity index (χ2n) is 4.70. The van der Waals surface area contributed by atoms with Crippen molar-refractivity contribution in [2.75, 3.05) is 5.32 Å². The third-order valence-corrected chi connectivity index (χ3v) is 2.90. The molecule has 1 aromatic heterocycles. The molecule has 0 spiro atoms. The number of carbonyl (C=O) groups is 2. The highest BCUT2D eigenvalue weighted by Crippen LogP contribution is 2.24. The highest BCUT2D eigenvalue weighted by molar-refractivity contribution is 6.04. The van der Waals surface area contributed by atoms with Gasteiger partial charge in [0.1, 0.15) is 6.26 Å². The predicted molar refractivity (Wildman–Crippen MR) is 74.2 cm³/mol. The summed E-state index contributed by atoms with van der Waals surface area (Å²) in [5, 5.41) is 11.5. The Kier molecular flexibility index (Phi) is 3.89.